The first-order valence-corrected chi connectivity index (χ1v) is 7.73. The summed E-state index contributed by atoms with van der Waals surface area (Å²) in [5.74, 6) is -0.619. The maximum absolute atomic E-state index is 12.4. The van der Waals surface area contributed by atoms with Crippen LogP contribution in [0.1, 0.15) is 24.8 Å². The molecular formula is C17H21NO4. The zero-order chi connectivity index (χ0) is 15.7. The second-order valence-electron chi connectivity index (χ2n) is 6.29. The van der Waals surface area contributed by atoms with Gasteiger partial charge in [-0.05, 0) is 48.8 Å². The first-order chi connectivity index (χ1) is 10.6. The van der Waals surface area contributed by atoms with Crippen LogP contribution < -0.4 is 10.1 Å². The number of hydrogen-bond acceptors (Lipinski definition) is 3. The molecule has 4 unspecified atom stereocenters. The zero-order valence-corrected chi connectivity index (χ0v) is 12.6. The predicted octanol–water partition coefficient (Wildman–Crippen LogP) is 2.06. The molecule has 1 aromatic rings. The summed E-state index contributed by atoms with van der Waals surface area (Å²) in [6.07, 6.45) is 2.82. The summed E-state index contributed by atoms with van der Waals surface area (Å²) in [6.45, 7) is 0.420. The van der Waals surface area contributed by atoms with Crippen LogP contribution in [0.25, 0.3) is 0 Å². The van der Waals surface area contributed by atoms with E-state index in [4.69, 9.17) is 4.74 Å². The summed E-state index contributed by atoms with van der Waals surface area (Å²) in [7, 11) is 1.61. The number of carbonyl (C=O) groups excluding carboxylic acids is 1. The van der Waals surface area contributed by atoms with Gasteiger partial charge in [-0.25, -0.2) is 0 Å². The summed E-state index contributed by atoms with van der Waals surface area (Å²) >= 11 is 0. The largest absolute Gasteiger partial charge is 0.497 e. The molecule has 5 nitrogen and oxygen atoms in total. The van der Waals surface area contributed by atoms with Crippen molar-refractivity contribution in [2.24, 2.45) is 23.7 Å². The molecule has 1 amide bonds. The Morgan fingerprint density at radius 3 is 2.41 bits per heavy atom. The molecule has 0 saturated heterocycles. The molecule has 118 valence electrons. The Morgan fingerprint density at radius 1 is 1.18 bits per heavy atom. The second-order valence-corrected chi connectivity index (χ2v) is 6.29. The highest BCUT2D eigenvalue weighted by Crippen LogP contribution is 2.52. The van der Waals surface area contributed by atoms with Crippen LogP contribution in [0.15, 0.2) is 24.3 Å². The summed E-state index contributed by atoms with van der Waals surface area (Å²) in [4.78, 5) is 23.9. The predicted molar refractivity (Wildman–Crippen MR) is 80.3 cm³/mol. The van der Waals surface area contributed by atoms with Crippen molar-refractivity contribution < 1.29 is 19.4 Å². The van der Waals surface area contributed by atoms with E-state index in [1.54, 1.807) is 7.11 Å². The Bertz CT molecular complexity index is 569. The van der Waals surface area contributed by atoms with Crippen molar-refractivity contribution in [3.8, 4) is 5.75 Å². The zero-order valence-electron chi connectivity index (χ0n) is 12.6. The highest BCUT2D eigenvalue weighted by molar-refractivity contribution is 5.86. The Morgan fingerprint density at radius 2 is 1.82 bits per heavy atom. The third-order valence-electron chi connectivity index (χ3n) is 5.13. The van der Waals surface area contributed by atoms with E-state index in [9.17, 15) is 14.7 Å². The minimum atomic E-state index is -0.822. The van der Waals surface area contributed by atoms with Gasteiger partial charge in [-0.1, -0.05) is 12.1 Å². The van der Waals surface area contributed by atoms with Crippen LogP contribution in [0.3, 0.4) is 0 Å². The van der Waals surface area contributed by atoms with Crippen molar-refractivity contribution >= 4 is 11.9 Å². The van der Waals surface area contributed by atoms with E-state index in [0.29, 0.717) is 6.54 Å². The molecule has 0 radical (unpaired) electrons. The molecule has 2 bridgehead atoms. The molecule has 1 aromatic carbocycles. The van der Waals surface area contributed by atoms with Crippen molar-refractivity contribution in [2.75, 3.05) is 7.11 Å². The van der Waals surface area contributed by atoms with E-state index in [0.717, 1.165) is 30.6 Å². The normalized spacial score (nSPS) is 29.3. The molecule has 22 heavy (non-hydrogen) atoms. The molecule has 2 saturated carbocycles. The molecular weight excluding hydrogens is 282 g/mol. The average molecular weight is 303 g/mol. The third kappa shape index (κ3) is 2.67. The van der Waals surface area contributed by atoms with Gasteiger partial charge in [-0.2, -0.15) is 0 Å². The van der Waals surface area contributed by atoms with E-state index in [-0.39, 0.29) is 23.7 Å². The maximum Gasteiger partial charge on any atom is 0.307 e. The van der Waals surface area contributed by atoms with Gasteiger partial charge in [0.25, 0.3) is 0 Å². The molecule has 0 aromatic heterocycles. The molecule has 2 fully saturated rings. The highest BCUT2D eigenvalue weighted by Gasteiger charge is 2.53. The second kappa shape index (κ2) is 5.99. The first kappa shape index (κ1) is 14.9. The van der Waals surface area contributed by atoms with Crippen LogP contribution in [-0.4, -0.2) is 24.1 Å². The number of aliphatic carboxylic acids is 1. The number of rotatable bonds is 5. The Balaban J connectivity index is 1.62. The van der Waals surface area contributed by atoms with Crippen LogP contribution in [0.5, 0.6) is 5.75 Å². The number of methoxy groups -OCH3 is 1. The van der Waals surface area contributed by atoms with E-state index < -0.39 is 11.9 Å². The van der Waals surface area contributed by atoms with Gasteiger partial charge in [0.2, 0.25) is 5.91 Å². The number of carbonyl (C=O) groups is 2. The van der Waals surface area contributed by atoms with Crippen LogP contribution in [0.4, 0.5) is 0 Å². The number of fused-ring (bicyclic) bond motifs is 2. The lowest BCUT2D eigenvalue weighted by molar-refractivity contribution is -0.149. The fraction of sp³-hybridized carbons (Fsp3) is 0.529. The summed E-state index contributed by atoms with van der Waals surface area (Å²) in [6, 6.07) is 7.49. The third-order valence-corrected chi connectivity index (χ3v) is 5.13. The Hall–Kier alpha value is -2.04. The monoisotopic (exact) mass is 303 g/mol. The Kier molecular flexibility index (Phi) is 4.05. The molecule has 0 heterocycles. The van der Waals surface area contributed by atoms with Gasteiger partial charge in [0.15, 0.2) is 0 Å². The highest BCUT2D eigenvalue weighted by atomic mass is 16.5. The fourth-order valence-electron chi connectivity index (χ4n) is 4.07. The number of benzene rings is 1. The topological polar surface area (TPSA) is 75.6 Å². The van der Waals surface area contributed by atoms with Crippen LogP contribution >= 0.6 is 0 Å². The van der Waals surface area contributed by atoms with Crippen molar-refractivity contribution in [3.63, 3.8) is 0 Å². The SMILES string of the molecule is COc1ccc(CNC(=O)C2C3CCC(C3)C2C(=O)O)cc1. The van der Waals surface area contributed by atoms with E-state index in [2.05, 4.69) is 5.32 Å². The van der Waals surface area contributed by atoms with Gasteiger partial charge >= 0.3 is 5.97 Å². The standard InChI is InChI=1S/C17H21NO4/c1-22-13-6-2-10(3-7-13)9-18-16(19)14-11-4-5-12(8-11)15(14)17(20)21/h2-3,6-7,11-12,14-15H,4-5,8-9H2,1H3,(H,18,19)(H,20,21). The van der Waals surface area contributed by atoms with Crippen LogP contribution in [0.2, 0.25) is 0 Å². The number of carboxylic acids is 1. The lowest BCUT2D eigenvalue weighted by Crippen LogP contribution is -2.41. The minimum Gasteiger partial charge on any atom is -0.497 e. The van der Waals surface area contributed by atoms with Crippen LogP contribution in [0, 0.1) is 23.7 Å². The lowest BCUT2D eigenvalue weighted by Gasteiger charge is -2.27. The summed E-state index contributed by atoms with van der Waals surface area (Å²) < 4.78 is 5.10. The molecule has 4 atom stereocenters. The number of amides is 1. The first-order valence-electron chi connectivity index (χ1n) is 7.73. The average Bonchev–Trinajstić information content (AvgIpc) is 3.14. The molecule has 3 rings (SSSR count). The maximum atomic E-state index is 12.4. The van der Waals surface area contributed by atoms with Crippen molar-refractivity contribution in [1.29, 1.82) is 0 Å². The number of ether oxygens (including phenoxy) is 1. The molecule has 2 aliphatic rings. The summed E-state index contributed by atoms with van der Waals surface area (Å²) in [5, 5.41) is 12.3. The summed E-state index contributed by atoms with van der Waals surface area (Å²) in [5.41, 5.74) is 0.976. The lowest BCUT2D eigenvalue weighted by atomic mass is 9.78. The molecule has 2 aliphatic carbocycles. The fourth-order valence-corrected chi connectivity index (χ4v) is 4.07. The van der Waals surface area contributed by atoms with Crippen molar-refractivity contribution in [2.45, 2.75) is 25.8 Å². The molecule has 5 heteroatoms. The van der Waals surface area contributed by atoms with Gasteiger partial charge in [-0.15, -0.1) is 0 Å². The van der Waals surface area contributed by atoms with Gasteiger partial charge < -0.3 is 15.2 Å². The van der Waals surface area contributed by atoms with Crippen molar-refractivity contribution in [3.05, 3.63) is 29.8 Å². The van der Waals surface area contributed by atoms with Gasteiger partial charge in [0.05, 0.1) is 18.9 Å². The minimum absolute atomic E-state index is 0.115. The van der Waals surface area contributed by atoms with E-state index in [1.165, 1.54) is 0 Å². The van der Waals surface area contributed by atoms with Crippen LogP contribution in [-0.2, 0) is 16.1 Å². The number of carboxylic acid groups (broad SMARTS) is 1. The Labute approximate surface area is 129 Å². The van der Waals surface area contributed by atoms with E-state index >= 15 is 0 Å². The molecule has 0 spiro atoms. The molecule has 2 N–H and O–H groups in total. The molecule has 0 aliphatic heterocycles. The van der Waals surface area contributed by atoms with Crippen molar-refractivity contribution in [1.82, 2.24) is 5.32 Å². The van der Waals surface area contributed by atoms with Gasteiger partial charge in [0, 0.05) is 6.54 Å². The van der Waals surface area contributed by atoms with E-state index in [1.807, 2.05) is 24.3 Å². The smallest absolute Gasteiger partial charge is 0.307 e. The quantitative estimate of drug-likeness (QED) is 0.873. The van der Waals surface area contributed by atoms with Gasteiger partial charge in [0.1, 0.15) is 5.75 Å². The van der Waals surface area contributed by atoms with Gasteiger partial charge in [-0.3, -0.25) is 9.59 Å². The number of hydrogen-bond donors (Lipinski definition) is 2. The number of nitrogens with one attached hydrogen (secondary N) is 1.